The van der Waals surface area contributed by atoms with Crippen molar-refractivity contribution in [3.8, 4) is 0 Å². The van der Waals surface area contributed by atoms with E-state index in [-0.39, 0.29) is 24.5 Å². The van der Waals surface area contributed by atoms with Crippen LogP contribution < -0.4 is 5.73 Å². The maximum atomic E-state index is 11.8. The van der Waals surface area contributed by atoms with Crippen molar-refractivity contribution in [1.29, 1.82) is 0 Å². The van der Waals surface area contributed by atoms with Crippen molar-refractivity contribution in [1.82, 2.24) is 0 Å². The summed E-state index contributed by atoms with van der Waals surface area (Å²) in [5.74, 6) is 0. The fraction of sp³-hybridized carbons (Fsp3) is 1.00. The van der Waals surface area contributed by atoms with E-state index in [9.17, 15) is 4.39 Å². The lowest BCUT2D eigenvalue weighted by molar-refractivity contribution is 0.349. The first-order valence-corrected chi connectivity index (χ1v) is 2.59. The molecule has 1 nitrogen and oxygen atoms in total. The first-order chi connectivity index (χ1) is 3.33. The standard InChI is InChI=1S/C5H10FN.ClH/c6-3-5(4-7)1-2-5;/h1-4,7H2;1H. The van der Waals surface area contributed by atoms with Crippen LogP contribution in [0.1, 0.15) is 12.8 Å². The third-order valence-electron chi connectivity index (χ3n) is 1.67. The van der Waals surface area contributed by atoms with Crippen LogP contribution >= 0.6 is 12.4 Å². The molecule has 50 valence electrons. The Hall–Kier alpha value is 0.180. The third kappa shape index (κ3) is 1.33. The molecule has 0 spiro atoms. The molecular formula is C5H11ClFN. The number of alkyl halides is 1. The second-order valence-corrected chi connectivity index (χ2v) is 2.34. The average Bonchev–Trinajstić information content (AvgIpc) is 2.46. The van der Waals surface area contributed by atoms with Crippen molar-refractivity contribution in [2.75, 3.05) is 13.2 Å². The van der Waals surface area contributed by atoms with Gasteiger partial charge in [0.15, 0.2) is 0 Å². The van der Waals surface area contributed by atoms with E-state index in [1.165, 1.54) is 0 Å². The van der Waals surface area contributed by atoms with Crippen LogP contribution in [0.5, 0.6) is 0 Å². The van der Waals surface area contributed by atoms with Gasteiger partial charge >= 0.3 is 0 Å². The fourth-order valence-corrected chi connectivity index (χ4v) is 0.569. The molecule has 0 amide bonds. The fourth-order valence-electron chi connectivity index (χ4n) is 0.569. The maximum absolute atomic E-state index is 11.8. The summed E-state index contributed by atoms with van der Waals surface area (Å²) in [5, 5.41) is 0. The van der Waals surface area contributed by atoms with Crippen LogP contribution in [0.15, 0.2) is 0 Å². The highest BCUT2D eigenvalue weighted by molar-refractivity contribution is 5.85. The molecule has 1 rings (SSSR count). The van der Waals surface area contributed by atoms with Gasteiger partial charge in [-0.05, 0) is 12.8 Å². The van der Waals surface area contributed by atoms with Gasteiger partial charge in [0.2, 0.25) is 0 Å². The molecule has 1 aliphatic rings. The van der Waals surface area contributed by atoms with Crippen LogP contribution in [0.25, 0.3) is 0 Å². The van der Waals surface area contributed by atoms with E-state index < -0.39 is 0 Å². The summed E-state index contributed by atoms with van der Waals surface area (Å²) < 4.78 is 11.8. The van der Waals surface area contributed by atoms with E-state index >= 15 is 0 Å². The zero-order valence-corrected chi connectivity index (χ0v) is 5.51. The first-order valence-electron chi connectivity index (χ1n) is 2.59. The lowest BCUT2D eigenvalue weighted by atomic mass is 10.1. The van der Waals surface area contributed by atoms with Crippen molar-refractivity contribution >= 4 is 12.4 Å². The minimum Gasteiger partial charge on any atom is -0.330 e. The van der Waals surface area contributed by atoms with Gasteiger partial charge in [-0.15, -0.1) is 12.4 Å². The monoisotopic (exact) mass is 139 g/mol. The summed E-state index contributed by atoms with van der Waals surface area (Å²) in [6.45, 7) is 0.312. The van der Waals surface area contributed by atoms with E-state index in [1.54, 1.807) is 0 Å². The van der Waals surface area contributed by atoms with Crippen molar-refractivity contribution in [2.45, 2.75) is 12.8 Å². The molecule has 0 aromatic rings. The molecule has 8 heavy (non-hydrogen) atoms. The van der Waals surface area contributed by atoms with Crippen LogP contribution in [-0.4, -0.2) is 13.2 Å². The molecule has 3 heteroatoms. The smallest absolute Gasteiger partial charge is 0.0962 e. The first kappa shape index (κ1) is 8.18. The van der Waals surface area contributed by atoms with Crippen LogP contribution in [0.3, 0.4) is 0 Å². The summed E-state index contributed by atoms with van der Waals surface area (Å²) in [5.41, 5.74) is 5.18. The van der Waals surface area contributed by atoms with Gasteiger partial charge in [-0.1, -0.05) is 0 Å². The molecule has 0 radical (unpaired) electrons. The largest absolute Gasteiger partial charge is 0.330 e. The molecule has 0 aliphatic heterocycles. The Bertz CT molecular complexity index is 66.8. The van der Waals surface area contributed by atoms with E-state index in [4.69, 9.17) is 5.73 Å². The molecule has 0 heterocycles. The highest BCUT2D eigenvalue weighted by Gasteiger charge is 2.41. The summed E-state index contributed by atoms with van der Waals surface area (Å²) in [6.07, 6.45) is 2.00. The lowest BCUT2D eigenvalue weighted by Gasteiger charge is -2.01. The molecule has 0 saturated heterocycles. The predicted octanol–water partition coefficient (Wildman–Crippen LogP) is 1.12. The molecule has 1 fully saturated rings. The Balaban J connectivity index is 0.000000490. The number of halogens is 2. The summed E-state index contributed by atoms with van der Waals surface area (Å²) >= 11 is 0. The van der Waals surface area contributed by atoms with Gasteiger partial charge < -0.3 is 5.73 Å². The Kier molecular flexibility index (Phi) is 2.71. The Morgan fingerprint density at radius 2 is 2.00 bits per heavy atom. The summed E-state index contributed by atoms with van der Waals surface area (Å²) in [6, 6.07) is 0. The molecule has 1 saturated carbocycles. The highest BCUT2D eigenvalue weighted by Crippen LogP contribution is 2.44. The van der Waals surface area contributed by atoms with Crippen molar-refractivity contribution in [2.24, 2.45) is 11.1 Å². The molecule has 1 aliphatic carbocycles. The number of hydrogen-bond acceptors (Lipinski definition) is 1. The topological polar surface area (TPSA) is 26.0 Å². The zero-order chi connectivity index (χ0) is 5.33. The molecule has 0 aromatic heterocycles. The minimum atomic E-state index is -0.219. The molecule has 0 unspecified atom stereocenters. The van der Waals surface area contributed by atoms with Crippen LogP contribution in [-0.2, 0) is 0 Å². The second kappa shape index (κ2) is 2.65. The SMILES string of the molecule is Cl.NCC1(CF)CC1. The van der Waals surface area contributed by atoms with E-state index in [2.05, 4.69) is 0 Å². The van der Waals surface area contributed by atoms with Gasteiger partial charge in [-0.3, -0.25) is 4.39 Å². The molecule has 0 aromatic carbocycles. The number of nitrogens with two attached hydrogens (primary N) is 1. The van der Waals surface area contributed by atoms with Gasteiger partial charge in [0.1, 0.15) is 0 Å². The average molecular weight is 140 g/mol. The lowest BCUT2D eigenvalue weighted by Crippen LogP contribution is -2.16. The van der Waals surface area contributed by atoms with Gasteiger partial charge in [-0.25, -0.2) is 0 Å². The van der Waals surface area contributed by atoms with Gasteiger partial charge in [-0.2, -0.15) is 0 Å². The van der Waals surface area contributed by atoms with E-state index in [1.807, 2.05) is 0 Å². The van der Waals surface area contributed by atoms with Gasteiger partial charge in [0, 0.05) is 12.0 Å². The maximum Gasteiger partial charge on any atom is 0.0962 e. The Morgan fingerprint density at radius 3 is 2.00 bits per heavy atom. The molecular weight excluding hydrogens is 129 g/mol. The van der Waals surface area contributed by atoms with Crippen LogP contribution in [0.2, 0.25) is 0 Å². The summed E-state index contributed by atoms with van der Waals surface area (Å²) in [4.78, 5) is 0. The van der Waals surface area contributed by atoms with Gasteiger partial charge in [0.25, 0.3) is 0 Å². The van der Waals surface area contributed by atoms with Crippen molar-refractivity contribution in [3.05, 3.63) is 0 Å². The Labute approximate surface area is 54.9 Å². The van der Waals surface area contributed by atoms with Gasteiger partial charge in [0.05, 0.1) is 6.67 Å². The quantitative estimate of drug-likeness (QED) is 0.610. The molecule has 0 bridgehead atoms. The predicted molar refractivity (Wildman–Crippen MR) is 33.9 cm³/mol. The van der Waals surface area contributed by atoms with Crippen molar-refractivity contribution in [3.63, 3.8) is 0 Å². The normalized spacial score (nSPS) is 21.8. The number of rotatable bonds is 2. The van der Waals surface area contributed by atoms with Crippen molar-refractivity contribution < 1.29 is 4.39 Å². The van der Waals surface area contributed by atoms with E-state index in [0.717, 1.165) is 12.8 Å². The summed E-state index contributed by atoms with van der Waals surface area (Å²) in [7, 11) is 0. The van der Waals surface area contributed by atoms with Crippen LogP contribution in [0, 0.1) is 5.41 Å². The second-order valence-electron chi connectivity index (χ2n) is 2.34. The molecule has 0 atom stereocenters. The molecule has 2 N–H and O–H groups in total. The number of hydrogen-bond donors (Lipinski definition) is 1. The van der Waals surface area contributed by atoms with E-state index in [0.29, 0.717) is 6.54 Å². The highest BCUT2D eigenvalue weighted by atomic mass is 35.5. The minimum absolute atomic E-state index is 0. The zero-order valence-electron chi connectivity index (χ0n) is 4.69. The Morgan fingerprint density at radius 1 is 1.50 bits per heavy atom. The third-order valence-corrected chi connectivity index (χ3v) is 1.67. The van der Waals surface area contributed by atoms with Crippen LogP contribution in [0.4, 0.5) is 4.39 Å².